The predicted octanol–water partition coefficient (Wildman–Crippen LogP) is 4.68. The molecule has 0 unspecified atom stereocenters. The number of amides is 1. The molecule has 0 aliphatic carbocycles. The van der Waals surface area contributed by atoms with Crippen LogP contribution in [0.1, 0.15) is 22.3 Å². The number of anilines is 1. The van der Waals surface area contributed by atoms with Crippen LogP contribution < -0.4 is 9.64 Å². The van der Waals surface area contributed by atoms with Crippen LogP contribution in [0.25, 0.3) is 0 Å². The van der Waals surface area contributed by atoms with Gasteiger partial charge in [-0.1, -0.05) is 41.6 Å². The quantitative estimate of drug-likeness (QED) is 0.473. The van der Waals surface area contributed by atoms with E-state index in [1.807, 2.05) is 31.2 Å². The fourth-order valence-electron chi connectivity index (χ4n) is 3.60. The van der Waals surface area contributed by atoms with Gasteiger partial charge in [0.2, 0.25) is 17.7 Å². The molecule has 1 aliphatic rings. The first-order valence-electron chi connectivity index (χ1n) is 11.0. The number of alkyl halides is 3. The maximum absolute atomic E-state index is 13.4. The van der Waals surface area contributed by atoms with Gasteiger partial charge in [-0.2, -0.15) is 23.4 Å². The van der Waals surface area contributed by atoms with Crippen molar-refractivity contribution in [1.82, 2.24) is 14.9 Å². The van der Waals surface area contributed by atoms with Crippen LogP contribution in [0.3, 0.4) is 0 Å². The first kappa shape index (κ1) is 25.3. The number of halogens is 3. The molecule has 0 bridgehead atoms. The smallest absolute Gasteiger partial charge is 0.417 e. The molecule has 0 saturated carbocycles. The molecule has 7 nitrogen and oxygen atoms in total. The first-order valence-corrected chi connectivity index (χ1v) is 11.8. The Hall–Kier alpha value is -3.78. The van der Waals surface area contributed by atoms with Crippen LogP contribution in [0.4, 0.5) is 19.1 Å². The Balaban J connectivity index is 1.66. The number of aryl methyl sites for hydroxylation is 1. The lowest BCUT2D eigenvalue weighted by Crippen LogP contribution is -2.49. The first-order chi connectivity index (χ1) is 17.1. The third-order valence-corrected chi connectivity index (χ3v) is 6.54. The Morgan fingerprint density at radius 2 is 2.00 bits per heavy atom. The van der Waals surface area contributed by atoms with E-state index in [1.165, 1.54) is 12.3 Å². The summed E-state index contributed by atoms with van der Waals surface area (Å²) in [4.78, 5) is 25.1. The molecule has 4 rings (SSSR count). The summed E-state index contributed by atoms with van der Waals surface area (Å²) < 4.78 is 46.3. The van der Waals surface area contributed by atoms with Crippen molar-refractivity contribution in [3.05, 3.63) is 70.9 Å². The summed E-state index contributed by atoms with van der Waals surface area (Å²) in [7, 11) is 1.73. The number of likely N-dealkylation sites (N-methyl/N-ethyl adjacent to an activating group) is 1. The largest absolute Gasteiger partial charge is 0.472 e. The van der Waals surface area contributed by atoms with Crippen LogP contribution in [0.15, 0.2) is 58.5 Å². The minimum absolute atomic E-state index is 0.0669. The van der Waals surface area contributed by atoms with Crippen molar-refractivity contribution in [1.29, 1.82) is 5.26 Å². The monoisotopic (exact) mass is 513 g/mol. The van der Waals surface area contributed by atoms with Crippen molar-refractivity contribution in [2.24, 2.45) is 0 Å². The third-order valence-electron chi connectivity index (χ3n) is 5.55. The number of carbonyl (C=O) groups is 1. The van der Waals surface area contributed by atoms with E-state index in [0.29, 0.717) is 23.9 Å². The van der Waals surface area contributed by atoms with Gasteiger partial charge in [-0.25, -0.2) is 4.98 Å². The summed E-state index contributed by atoms with van der Waals surface area (Å²) in [6, 6.07) is 12.8. The van der Waals surface area contributed by atoms with E-state index in [-0.39, 0.29) is 29.8 Å². The zero-order chi connectivity index (χ0) is 25.9. The van der Waals surface area contributed by atoms with Crippen molar-refractivity contribution in [2.75, 3.05) is 31.6 Å². The number of nitrogens with zero attached hydrogens (tertiary/aromatic N) is 5. The predicted molar refractivity (Wildman–Crippen MR) is 128 cm³/mol. The van der Waals surface area contributed by atoms with Crippen molar-refractivity contribution in [3.8, 4) is 11.9 Å². The van der Waals surface area contributed by atoms with E-state index in [0.717, 1.165) is 35.0 Å². The lowest BCUT2D eigenvalue weighted by atomic mass is 10.1. The average Bonchev–Trinajstić information content (AvgIpc) is 2.84. The van der Waals surface area contributed by atoms with Crippen LogP contribution in [0, 0.1) is 18.3 Å². The Kier molecular flexibility index (Phi) is 7.35. The zero-order valence-electron chi connectivity index (χ0n) is 19.5. The zero-order valence-corrected chi connectivity index (χ0v) is 20.4. The van der Waals surface area contributed by atoms with Gasteiger partial charge < -0.3 is 14.5 Å². The molecular formula is C25H22F3N5O2S. The highest BCUT2D eigenvalue weighted by Gasteiger charge is 2.34. The molecule has 1 fully saturated rings. The van der Waals surface area contributed by atoms with E-state index in [4.69, 9.17) is 10.00 Å². The summed E-state index contributed by atoms with van der Waals surface area (Å²) in [6.07, 6.45) is -3.19. The van der Waals surface area contributed by atoms with Gasteiger partial charge in [0, 0.05) is 25.0 Å². The van der Waals surface area contributed by atoms with Crippen LogP contribution in [-0.2, 0) is 17.6 Å². The number of piperazine rings is 1. The van der Waals surface area contributed by atoms with E-state index in [9.17, 15) is 18.0 Å². The second-order valence-corrected chi connectivity index (χ2v) is 9.39. The fraction of sp³-hybridized carbons (Fsp3) is 0.280. The van der Waals surface area contributed by atoms with Gasteiger partial charge in [0.05, 0.1) is 34.8 Å². The number of carbonyl (C=O) groups excluding carboxylic acids is 1. The number of hydrogen-bond acceptors (Lipinski definition) is 7. The van der Waals surface area contributed by atoms with Gasteiger partial charge in [-0.3, -0.25) is 4.79 Å². The van der Waals surface area contributed by atoms with E-state index >= 15 is 0 Å². The van der Waals surface area contributed by atoms with Gasteiger partial charge in [-0.15, -0.1) is 0 Å². The van der Waals surface area contributed by atoms with Crippen LogP contribution in [0.5, 0.6) is 5.88 Å². The van der Waals surface area contributed by atoms with Gasteiger partial charge in [0.1, 0.15) is 6.61 Å². The number of hydrogen-bond donors (Lipinski definition) is 0. The molecule has 1 aliphatic heterocycles. The van der Waals surface area contributed by atoms with Crippen molar-refractivity contribution in [3.63, 3.8) is 0 Å². The van der Waals surface area contributed by atoms with Gasteiger partial charge in [-0.05, 0) is 30.7 Å². The Morgan fingerprint density at radius 1 is 1.19 bits per heavy atom. The molecule has 2 heterocycles. The molecule has 0 radical (unpaired) electrons. The molecule has 2 aromatic carbocycles. The summed E-state index contributed by atoms with van der Waals surface area (Å²) in [5.41, 5.74) is 0.501. The molecule has 1 amide bonds. The Labute approximate surface area is 210 Å². The molecule has 1 saturated heterocycles. The number of rotatable bonds is 6. The standard InChI is InChI=1S/C25H22F3N5O2S/c1-16-4-3-5-17(10-16)15-35-23-21(13-30-24(31-23)33-9-8-32(2)22(34)14-33)36-19-7-6-18(12-29)20(11-19)25(26,27)28/h3-7,10-11,13H,8-9,14-15H2,1-2H3. The Bertz CT molecular complexity index is 1330. The second kappa shape index (κ2) is 10.5. The molecule has 1 aromatic heterocycles. The number of nitriles is 1. The molecule has 3 aromatic rings. The highest BCUT2D eigenvalue weighted by molar-refractivity contribution is 7.99. The lowest BCUT2D eigenvalue weighted by molar-refractivity contribution is -0.138. The topological polar surface area (TPSA) is 82.3 Å². The number of ether oxygens (including phenoxy) is 1. The van der Waals surface area contributed by atoms with Crippen molar-refractivity contribution >= 4 is 23.6 Å². The second-order valence-electron chi connectivity index (χ2n) is 8.27. The Morgan fingerprint density at radius 3 is 2.69 bits per heavy atom. The third kappa shape index (κ3) is 5.88. The highest BCUT2D eigenvalue weighted by atomic mass is 32.2. The van der Waals surface area contributed by atoms with Gasteiger partial charge >= 0.3 is 6.18 Å². The van der Waals surface area contributed by atoms with Crippen LogP contribution in [-0.4, -0.2) is 47.5 Å². The summed E-state index contributed by atoms with van der Waals surface area (Å²) in [5, 5.41) is 9.07. The van der Waals surface area contributed by atoms with Crippen LogP contribution >= 0.6 is 11.8 Å². The highest BCUT2D eigenvalue weighted by Crippen LogP contribution is 2.39. The van der Waals surface area contributed by atoms with Crippen molar-refractivity contribution in [2.45, 2.75) is 29.5 Å². The lowest BCUT2D eigenvalue weighted by Gasteiger charge is -2.32. The molecule has 0 atom stereocenters. The molecule has 11 heteroatoms. The maximum atomic E-state index is 13.4. The molecule has 0 N–H and O–H groups in total. The summed E-state index contributed by atoms with van der Waals surface area (Å²) in [6.45, 7) is 3.32. The molecule has 186 valence electrons. The maximum Gasteiger partial charge on any atom is 0.417 e. The molecular weight excluding hydrogens is 491 g/mol. The molecule has 0 spiro atoms. The summed E-state index contributed by atoms with van der Waals surface area (Å²) >= 11 is 1.01. The van der Waals surface area contributed by atoms with Gasteiger partial charge in [0.25, 0.3) is 0 Å². The number of aromatic nitrogens is 2. The van der Waals surface area contributed by atoms with E-state index in [2.05, 4.69) is 9.97 Å². The normalized spacial score (nSPS) is 14.1. The average molecular weight is 514 g/mol. The van der Waals surface area contributed by atoms with Crippen molar-refractivity contribution < 1.29 is 22.7 Å². The number of benzene rings is 2. The minimum atomic E-state index is -4.67. The van der Waals surface area contributed by atoms with Crippen LogP contribution in [0.2, 0.25) is 0 Å². The van der Waals surface area contributed by atoms with E-state index in [1.54, 1.807) is 22.9 Å². The minimum Gasteiger partial charge on any atom is -0.472 e. The SMILES string of the molecule is Cc1cccc(COc2nc(N3CCN(C)C(=O)C3)ncc2Sc2ccc(C#N)c(C(F)(F)F)c2)c1. The summed E-state index contributed by atoms with van der Waals surface area (Å²) in [5.74, 6) is 0.425. The van der Waals surface area contributed by atoms with E-state index < -0.39 is 17.3 Å². The van der Waals surface area contributed by atoms with Gasteiger partial charge in [0.15, 0.2) is 0 Å². The molecule has 36 heavy (non-hydrogen) atoms. The fourth-order valence-corrected chi connectivity index (χ4v) is 4.46.